The molecule has 224 valence electrons. The molecule has 2 N–H and O–H groups in total. The van der Waals surface area contributed by atoms with E-state index >= 15 is 0 Å². The number of ether oxygens (including phenoxy) is 1. The van der Waals surface area contributed by atoms with E-state index < -0.39 is 5.41 Å². The summed E-state index contributed by atoms with van der Waals surface area (Å²) in [7, 11) is 0. The van der Waals surface area contributed by atoms with Crippen LogP contribution in [0.25, 0.3) is 0 Å². The van der Waals surface area contributed by atoms with Gasteiger partial charge in [0, 0.05) is 30.2 Å². The van der Waals surface area contributed by atoms with E-state index in [9.17, 15) is 19.5 Å². The van der Waals surface area contributed by atoms with Crippen molar-refractivity contribution in [2.75, 3.05) is 13.2 Å². The molecule has 0 aromatic rings. The molecule has 5 rings (SSSR count). The number of rotatable bonds is 4. The van der Waals surface area contributed by atoms with Crippen molar-refractivity contribution in [1.82, 2.24) is 5.32 Å². The van der Waals surface area contributed by atoms with Crippen molar-refractivity contribution in [3.05, 3.63) is 11.6 Å². The van der Waals surface area contributed by atoms with Crippen LogP contribution in [-0.4, -0.2) is 42.0 Å². The number of ketones is 1. The van der Waals surface area contributed by atoms with Crippen molar-refractivity contribution in [3.63, 3.8) is 0 Å². The molecule has 4 saturated carbocycles. The molecule has 6 heteroatoms. The van der Waals surface area contributed by atoms with Gasteiger partial charge in [0.1, 0.15) is 6.10 Å². The minimum absolute atomic E-state index is 0.0301. The van der Waals surface area contributed by atoms with Gasteiger partial charge in [-0.15, -0.1) is 0 Å². The predicted octanol–water partition coefficient (Wildman–Crippen LogP) is 6.01. The monoisotopic (exact) mass is 555 g/mol. The highest BCUT2D eigenvalue weighted by Crippen LogP contribution is 2.75. The zero-order valence-corrected chi connectivity index (χ0v) is 26.2. The van der Waals surface area contributed by atoms with E-state index in [0.29, 0.717) is 5.92 Å². The molecule has 0 aromatic heterocycles. The van der Waals surface area contributed by atoms with Gasteiger partial charge in [-0.05, 0) is 97.4 Å². The molecule has 0 radical (unpaired) electrons. The Kier molecular flexibility index (Phi) is 7.01. The smallest absolute Gasteiger partial charge is 0.302 e. The van der Waals surface area contributed by atoms with E-state index in [1.54, 1.807) is 0 Å². The van der Waals surface area contributed by atoms with Crippen LogP contribution >= 0.6 is 0 Å². The number of carbonyl (C=O) groups is 3. The van der Waals surface area contributed by atoms with Crippen LogP contribution in [0.1, 0.15) is 113 Å². The number of fused-ring (bicyclic) bond motifs is 7. The second kappa shape index (κ2) is 9.41. The Morgan fingerprint density at radius 3 is 2.30 bits per heavy atom. The van der Waals surface area contributed by atoms with Gasteiger partial charge in [0.25, 0.3) is 0 Å². The molecule has 5 aliphatic carbocycles. The Morgan fingerprint density at radius 2 is 1.65 bits per heavy atom. The SMILES string of the molecule is CC(=O)OC1CCC2(C)C(CCC3(C)C2C(=O)C=C2C4CC(C)(C(=O)NCCO)CCC4(C)CCC23C)C1(C)C. The summed E-state index contributed by atoms with van der Waals surface area (Å²) in [6.45, 7) is 17.9. The van der Waals surface area contributed by atoms with Gasteiger partial charge >= 0.3 is 5.97 Å². The summed E-state index contributed by atoms with van der Waals surface area (Å²) in [5.74, 6) is 0.546. The maximum atomic E-state index is 14.5. The summed E-state index contributed by atoms with van der Waals surface area (Å²) in [5.41, 5.74) is 0.308. The van der Waals surface area contributed by atoms with Crippen LogP contribution in [-0.2, 0) is 19.1 Å². The van der Waals surface area contributed by atoms with E-state index in [-0.39, 0.29) is 75.8 Å². The maximum absolute atomic E-state index is 14.5. The average molecular weight is 556 g/mol. The Balaban J connectivity index is 1.54. The molecule has 1 amide bonds. The molecule has 0 aromatic carbocycles. The van der Waals surface area contributed by atoms with Crippen LogP contribution < -0.4 is 5.32 Å². The van der Waals surface area contributed by atoms with Gasteiger partial charge in [0.2, 0.25) is 5.91 Å². The first-order valence-corrected chi connectivity index (χ1v) is 15.8. The minimum atomic E-state index is -0.498. The highest BCUT2D eigenvalue weighted by molar-refractivity contribution is 5.95. The van der Waals surface area contributed by atoms with E-state index in [1.807, 2.05) is 0 Å². The lowest BCUT2D eigenvalue weighted by atomic mass is 9.33. The van der Waals surface area contributed by atoms with Gasteiger partial charge in [-0.2, -0.15) is 0 Å². The largest absolute Gasteiger partial charge is 0.462 e. The van der Waals surface area contributed by atoms with Crippen LogP contribution in [0.2, 0.25) is 0 Å². The van der Waals surface area contributed by atoms with Crippen LogP contribution in [0.4, 0.5) is 0 Å². The Bertz CT molecular complexity index is 1130. The number of aliphatic hydroxyl groups excluding tert-OH is 1. The second-order valence-electron chi connectivity index (χ2n) is 16.2. The highest BCUT2D eigenvalue weighted by atomic mass is 16.5. The van der Waals surface area contributed by atoms with Gasteiger partial charge in [0.15, 0.2) is 5.78 Å². The van der Waals surface area contributed by atoms with E-state index in [1.165, 1.54) is 12.5 Å². The lowest BCUT2D eigenvalue weighted by molar-refractivity contribution is -0.210. The van der Waals surface area contributed by atoms with Gasteiger partial charge in [-0.3, -0.25) is 14.4 Å². The van der Waals surface area contributed by atoms with Crippen molar-refractivity contribution in [1.29, 1.82) is 0 Å². The normalized spacial score (nSPS) is 47.5. The van der Waals surface area contributed by atoms with Crippen LogP contribution in [0, 0.1) is 50.2 Å². The zero-order chi connectivity index (χ0) is 29.5. The molecule has 0 aliphatic heterocycles. The van der Waals surface area contributed by atoms with Crippen LogP contribution in [0.3, 0.4) is 0 Å². The first-order chi connectivity index (χ1) is 18.5. The van der Waals surface area contributed by atoms with Crippen molar-refractivity contribution in [2.45, 2.75) is 119 Å². The summed E-state index contributed by atoms with van der Waals surface area (Å²) >= 11 is 0. The quantitative estimate of drug-likeness (QED) is 0.415. The summed E-state index contributed by atoms with van der Waals surface area (Å²) in [6.07, 6.45) is 10.5. The van der Waals surface area contributed by atoms with Gasteiger partial charge in [0.05, 0.1) is 6.61 Å². The molecule has 5 aliphatic rings. The molecule has 9 unspecified atom stereocenters. The fourth-order valence-electron chi connectivity index (χ4n) is 11.2. The Hall–Kier alpha value is -1.69. The van der Waals surface area contributed by atoms with E-state index in [0.717, 1.165) is 57.8 Å². The molecule has 9 atom stereocenters. The lowest BCUT2D eigenvalue weighted by Crippen LogP contribution is -2.66. The summed E-state index contributed by atoms with van der Waals surface area (Å²) in [6, 6.07) is 0. The number of amides is 1. The summed E-state index contributed by atoms with van der Waals surface area (Å²) in [4.78, 5) is 39.7. The van der Waals surface area contributed by atoms with Crippen LogP contribution in [0.5, 0.6) is 0 Å². The average Bonchev–Trinajstić information content (AvgIpc) is 2.86. The second-order valence-corrected chi connectivity index (χ2v) is 16.2. The maximum Gasteiger partial charge on any atom is 0.302 e. The topological polar surface area (TPSA) is 92.7 Å². The Labute approximate surface area is 241 Å². The number of allylic oxidation sites excluding steroid dienone is 2. The first kappa shape index (κ1) is 29.8. The molecule has 40 heavy (non-hydrogen) atoms. The standard InChI is InChI=1S/C34H53NO5/c1-21(37)40-26-10-11-32(6)25(29(26,2)3)9-12-34(8)27(32)24(38)19-22-23-20-31(5,28(39)35-17-18-36)14-13-30(23,4)15-16-33(22,34)7/h19,23,25-27,36H,9-18,20H2,1-8H3,(H,35,39). The lowest BCUT2D eigenvalue weighted by Gasteiger charge is -2.70. The number of esters is 1. The summed E-state index contributed by atoms with van der Waals surface area (Å²) in [5, 5.41) is 12.2. The van der Waals surface area contributed by atoms with E-state index in [4.69, 9.17) is 4.74 Å². The third-order valence-corrected chi connectivity index (χ3v) is 13.8. The third kappa shape index (κ3) is 4.01. The number of hydrogen-bond acceptors (Lipinski definition) is 5. The fraction of sp³-hybridized carbons (Fsp3) is 0.853. The molecule has 0 saturated heterocycles. The number of aliphatic hydroxyl groups is 1. The summed E-state index contributed by atoms with van der Waals surface area (Å²) < 4.78 is 5.85. The molecule has 6 nitrogen and oxygen atoms in total. The molecule has 4 fully saturated rings. The number of nitrogens with one attached hydrogen (secondary N) is 1. The fourth-order valence-corrected chi connectivity index (χ4v) is 11.2. The minimum Gasteiger partial charge on any atom is -0.462 e. The first-order valence-electron chi connectivity index (χ1n) is 15.8. The molecular formula is C34H53NO5. The highest BCUT2D eigenvalue weighted by Gasteiger charge is 2.70. The predicted molar refractivity (Wildman–Crippen MR) is 155 cm³/mol. The van der Waals surface area contributed by atoms with Gasteiger partial charge in [-0.25, -0.2) is 0 Å². The van der Waals surface area contributed by atoms with Gasteiger partial charge in [-0.1, -0.05) is 54.0 Å². The number of carbonyl (C=O) groups excluding carboxylic acids is 3. The third-order valence-electron chi connectivity index (χ3n) is 13.8. The molecule has 0 bridgehead atoms. The number of hydrogen-bond donors (Lipinski definition) is 2. The molecule has 0 heterocycles. The van der Waals surface area contributed by atoms with Crippen molar-refractivity contribution in [2.24, 2.45) is 50.2 Å². The van der Waals surface area contributed by atoms with Crippen molar-refractivity contribution in [3.8, 4) is 0 Å². The van der Waals surface area contributed by atoms with Crippen LogP contribution in [0.15, 0.2) is 11.6 Å². The van der Waals surface area contributed by atoms with Crippen molar-refractivity contribution >= 4 is 17.7 Å². The Morgan fingerprint density at radius 1 is 0.975 bits per heavy atom. The molecule has 0 spiro atoms. The molecular weight excluding hydrogens is 502 g/mol. The van der Waals surface area contributed by atoms with Crippen molar-refractivity contribution < 1.29 is 24.2 Å². The van der Waals surface area contributed by atoms with Gasteiger partial charge < -0.3 is 15.2 Å². The van der Waals surface area contributed by atoms with E-state index in [2.05, 4.69) is 59.9 Å². The zero-order valence-electron chi connectivity index (χ0n) is 26.2.